The fraction of sp³-hybridized carbons (Fsp3) is 0.450. The van der Waals surface area contributed by atoms with Gasteiger partial charge in [-0.3, -0.25) is 34.2 Å². The van der Waals surface area contributed by atoms with Gasteiger partial charge in [-0.15, -0.1) is 0 Å². The third-order valence-corrected chi connectivity index (χ3v) is 5.11. The molecule has 30 heavy (non-hydrogen) atoms. The van der Waals surface area contributed by atoms with Gasteiger partial charge in [0.15, 0.2) is 6.61 Å². The number of benzene rings is 1. The van der Waals surface area contributed by atoms with Gasteiger partial charge in [-0.1, -0.05) is 19.9 Å². The Morgan fingerprint density at radius 1 is 1.27 bits per heavy atom. The molecule has 0 aromatic heterocycles. The van der Waals surface area contributed by atoms with Crippen LogP contribution in [0, 0.1) is 5.41 Å². The van der Waals surface area contributed by atoms with Gasteiger partial charge in [-0.25, -0.2) is 0 Å². The van der Waals surface area contributed by atoms with Crippen molar-refractivity contribution >= 4 is 29.5 Å². The maximum Gasteiger partial charge on any atom is 0.266 e. The molecule has 0 spiro atoms. The van der Waals surface area contributed by atoms with Gasteiger partial charge in [0.05, 0.1) is 11.1 Å². The van der Waals surface area contributed by atoms with Gasteiger partial charge in [-0.05, 0) is 30.5 Å². The normalized spacial score (nSPS) is 18.9. The van der Waals surface area contributed by atoms with E-state index in [9.17, 15) is 24.0 Å². The molecule has 1 aromatic rings. The van der Waals surface area contributed by atoms with Gasteiger partial charge in [0.2, 0.25) is 11.8 Å². The van der Waals surface area contributed by atoms with Crippen molar-refractivity contribution < 1.29 is 28.7 Å². The van der Waals surface area contributed by atoms with Crippen molar-refractivity contribution in [2.24, 2.45) is 11.1 Å². The quantitative estimate of drug-likeness (QED) is 0.511. The molecule has 0 bridgehead atoms. The van der Waals surface area contributed by atoms with Crippen LogP contribution in [0.2, 0.25) is 0 Å². The average Bonchev–Trinajstić information content (AvgIpc) is 2.96. The average molecular weight is 416 g/mol. The van der Waals surface area contributed by atoms with Crippen molar-refractivity contribution in [1.29, 1.82) is 0 Å². The van der Waals surface area contributed by atoms with E-state index in [0.717, 1.165) is 4.90 Å². The minimum Gasteiger partial charge on any atom is -0.483 e. The van der Waals surface area contributed by atoms with Gasteiger partial charge in [0.1, 0.15) is 11.8 Å². The van der Waals surface area contributed by atoms with Gasteiger partial charge in [-0.2, -0.15) is 0 Å². The lowest BCUT2D eigenvalue weighted by Gasteiger charge is -2.27. The molecule has 3 rings (SSSR count). The van der Waals surface area contributed by atoms with Crippen LogP contribution in [-0.4, -0.2) is 60.2 Å². The summed E-state index contributed by atoms with van der Waals surface area (Å²) in [6.07, 6.45) is 0.0954. The van der Waals surface area contributed by atoms with Crippen LogP contribution in [0.1, 0.15) is 47.4 Å². The first-order chi connectivity index (χ1) is 14.1. The third kappa shape index (κ3) is 4.18. The van der Waals surface area contributed by atoms with E-state index in [2.05, 4.69) is 10.6 Å². The predicted octanol–water partition coefficient (Wildman–Crippen LogP) is -0.432. The van der Waals surface area contributed by atoms with Gasteiger partial charge in [0, 0.05) is 13.0 Å². The van der Waals surface area contributed by atoms with Crippen LogP contribution in [0.4, 0.5) is 0 Å². The number of ether oxygens (including phenoxy) is 1. The minimum atomic E-state index is -1.07. The number of amides is 5. The second kappa shape index (κ2) is 8.23. The Morgan fingerprint density at radius 3 is 2.67 bits per heavy atom. The van der Waals surface area contributed by atoms with E-state index in [0.29, 0.717) is 13.1 Å². The summed E-state index contributed by atoms with van der Waals surface area (Å²) in [5.41, 5.74) is 5.46. The third-order valence-electron chi connectivity index (χ3n) is 5.11. The van der Waals surface area contributed by atoms with E-state index in [4.69, 9.17) is 10.5 Å². The summed E-state index contributed by atoms with van der Waals surface area (Å²) in [5, 5.41) is 4.85. The first-order valence-electron chi connectivity index (χ1n) is 9.59. The first-order valence-corrected chi connectivity index (χ1v) is 9.59. The Hall–Kier alpha value is -3.27. The molecular formula is C20H24N4O6. The zero-order valence-corrected chi connectivity index (χ0v) is 16.8. The summed E-state index contributed by atoms with van der Waals surface area (Å²) in [5.74, 6) is -2.78. The summed E-state index contributed by atoms with van der Waals surface area (Å²) in [7, 11) is 0. The molecule has 2 aliphatic heterocycles. The molecule has 1 saturated heterocycles. The fourth-order valence-electron chi connectivity index (χ4n) is 3.21. The highest BCUT2D eigenvalue weighted by Gasteiger charge is 2.46. The minimum absolute atomic E-state index is 0.00212. The number of carbonyl (C=O) groups excluding carboxylic acids is 5. The second-order valence-corrected chi connectivity index (χ2v) is 8.06. The number of imide groups is 2. The number of nitrogens with one attached hydrogen (secondary N) is 2. The molecule has 10 heteroatoms. The Morgan fingerprint density at radius 2 is 2.00 bits per heavy atom. The van der Waals surface area contributed by atoms with Crippen molar-refractivity contribution in [1.82, 2.24) is 15.5 Å². The van der Waals surface area contributed by atoms with Crippen molar-refractivity contribution in [3.05, 3.63) is 29.3 Å². The van der Waals surface area contributed by atoms with Crippen molar-refractivity contribution in [3.63, 3.8) is 0 Å². The molecule has 4 N–H and O–H groups in total. The molecular weight excluding hydrogens is 392 g/mol. The molecule has 1 atom stereocenters. The standard InChI is InChI=1S/C20H24N4O6/c1-20(2,9-21)10-22-15(26)8-30-13-5-3-4-11-16(13)19(29)24(18(11)28)12-6-7-14(25)23-17(12)27/h3-5,12H,6-10,21H2,1-2H3,(H,22,26)(H,23,25,27). The highest BCUT2D eigenvalue weighted by molar-refractivity contribution is 6.24. The zero-order chi connectivity index (χ0) is 22.1. The van der Waals surface area contributed by atoms with Crippen LogP contribution < -0.4 is 21.1 Å². The van der Waals surface area contributed by atoms with E-state index in [-0.39, 0.29) is 41.7 Å². The largest absolute Gasteiger partial charge is 0.483 e. The van der Waals surface area contributed by atoms with Crippen molar-refractivity contribution in [2.45, 2.75) is 32.7 Å². The summed E-state index contributed by atoms with van der Waals surface area (Å²) >= 11 is 0. The van der Waals surface area contributed by atoms with Crippen LogP contribution in [0.5, 0.6) is 5.75 Å². The number of hydrogen-bond donors (Lipinski definition) is 3. The first kappa shape index (κ1) is 21.4. The summed E-state index contributed by atoms with van der Waals surface area (Å²) in [6.45, 7) is 4.22. The van der Waals surface area contributed by atoms with E-state index in [1.807, 2.05) is 13.8 Å². The van der Waals surface area contributed by atoms with Gasteiger partial charge < -0.3 is 15.8 Å². The molecule has 2 heterocycles. The molecule has 0 radical (unpaired) electrons. The number of carbonyl (C=O) groups is 5. The molecule has 1 fully saturated rings. The molecule has 2 aliphatic rings. The van der Waals surface area contributed by atoms with Crippen LogP contribution in [0.15, 0.2) is 18.2 Å². The SMILES string of the molecule is CC(C)(CN)CNC(=O)COc1cccc2c1C(=O)N(C1CCC(=O)NC1=O)C2=O. The highest BCUT2D eigenvalue weighted by Crippen LogP contribution is 2.33. The van der Waals surface area contributed by atoms with Crippen LogP contribution >= 0.6 is 0 Å². The molecule has 0 aliphatic carbocycles. The van der Waals surface area contributed by atoms with E-state index in [1.165, 1.54) is 18.2 Å². The maximum absolute atomic E-state index is 12.9. The lowest BCUT2D eigenvalue weighted by Crippen LogP contribution is -2.54. The lowest BCUT2D eigenvalue weighted by atomic mass is 9.94. The van der Waals surface area contributed by atoms with E-state index < -0.39 is 35.6 Å². The highest BCUT2D eigenvalue weighted by atomic mass is 16.5. The topological polar surface area (TPSA) is 148 Å². The number of hydrogen-bond acceptors (Lipinski definition) is 7. The Labute approximate surface area is 173 Å². The molecule has 5 amide bonds. The molecule has 1 unspecified atom stereocenters. The molecule has 1 aromatic carbocycles. The van der Waals surface area contributed by atoms with Gasteiger partial charge in [0.25, 0.3) is 17.7 Å². The van der Waals surface area contributed by atoms with Crippen molar-refractivity contribution in [3.8, 4) is 5.75 Å². The van der Waals surface area contributed by atoms with Crippen LogP contribution in [-0.2, 0) is 14.4 Å². The number of rotatable bonds is 7. The van der Waals surface area contributed by atoms with Crippen molar-refractivity contribution in [2.75, 3.05) is 19.7 Å². The van der Waals surface area contributed by atoms with Crippen LogP contribution in [0.3, 0.4) is 0 Å². The Kier molecular flexibility index (Phi) is 5.88. The van der Waals surface area contributed by atoms with Gasteiger partial charge >= 0.3 is 0 Å². The molecule has 0 saturated carbocycles. The smallest absolute Gasteiger partial charge is 0.266 e. The maximum atomic E-state index is 12.9. The fourth-order valence-corrected chi connectivity index (χ4v) is 3.21. The van der Waals surface area contributed by atoms with E-state index >= 15 is 0 Å². The number of nitrogens with zero attached hydrogens (tertiary/aromatic N) is 1. The second-order valence-electron chi connectivity index (χ2n) is 8.06. The Balaban J connectivity index is 1.73. The summed E-state index contributed by atoms with van der Waals surface area (Å²) in [4.78, 5) is 62.1. The van der Waals surface area contributed by atoms with E-state index in [1.54, 1.807) is 0 Å². The lowest BCUT2D eigenvalue weighted by molar-refractivity contribution is -0.136. The summed E-state index contributed by atoms with van der Waals surface area (Å²) < 4.78 is 5.51. The number of fused-ring (bicyclic) bond motifs is 1. The number of piperidine rings is 1. The summed E-state index contributed by atoms with van der Waals surface area (Å²) in [6, 6.07) is 3.40. The molecule has 160 valence electrons. The van der Waals surface area contributed by atoms with Crippen LogP contribution in [0.25, 0.3) is 0 Å². The molecule has 10 nitrogen and oxygen atoms in total. The predicted molar refractivity (Wildman–Crippen MR) is 104 cm³/mol. The zero-order valence-electron chi connectivity index (χ0n) is 16.8. The monoisotopic (exact) mass is 416 g/mol. The number of nitrogens with two attached hydrogens (primary N) is 1. The Bertz CT molecular complexity index is 926.